The molecule has 1 aromatic heterocycles. The summed E-state index contributed by atoms with van der Waals surface area (Å²) in [5.74, 6) is 1.58. The van der Waals surface area contributed by atoms with Gasteiger partial charge in [0.1, 0.15) is 0 Å². The highest BCUT2D eigenvalue weighted by atomic mass is 16.3. The summed E-state index contributed by atoms with van der Waals surface area (Å²) in [6.07, 6.45) is 19.1. The Balaban J connectivity index is 1.28. The molecule has 0 amide bonds. The Morgan fingerprint density at radius 2 is 1.92 bits per heavy atom. The van der Waals surface area contributed by atoms with Crippen molar-refractivity contribution in [3.8, 4) is 0 Å². The molecule has 5 rings (SSSR count). The summed E-state index contributed by atoms with van der Waals surface area (Å²) in [7, 11) is 0. The van der Waals surface area contributed by atoms with Gasteiger partial charge < -0.3 is 15.3 Å². The van der Waals surface area contributed by atoms with Gasteiger partial charge in [0.25, 0.3) is 0 Å². The third kappa shape index (κ3) is 5.12. The molecule has 1 heterocycles. The summed E-state index contributed by atoms with van der Waals surface area (Å²) in [5, 5.41) is 31.6. The molecule has 0 unspecified atom stereocenters. The van der Waals surface area contributed by atoms with E-state index in [9.17, 15) is 15.3 Å². The van der Waals surface area contributed by atoms with Crippen molar-refractivity contribution >= 4 is 0 Å². The normalized spacial score (nSPS) is 36.5. The highest BCUT2D eigenvalue weighted by Gasteiger charge is 2.52. The molecule has 38 heavy (non-hydrogen) atoms. The molecule has 0 aliphatic heterocycles. The molecule has 4 aliphatic carbocycles. The number of aryl methyl sites for hydroxylation is 1. The van der Waals surface area contributed by atoms with Crippen LogP contribution in [-0.2, 0) is 11.8 Å². The predicted molar refractivity (Wildman–Crippen MR) is 154 cm³/mol. The van der Waals surface area contributed by atoms with Gasteiger partial charge in [0.15, 0.2) is 0 Å². The molecule has 7 atom stereocenters. The molecule has 0 saturated heterocycles. The van der Waals surface area contributed by atoms with Crippen LogP contribution in [0.4, 0.5) is 0 Å². The fourth-order valence-electron chi connectivity index (χ4n) is 7.97. The number of hydrogen-bond acceptors (Lipinski definition) is 4. The summed E-state index contributed by atoms with van der Waals surface area (Å²) >= 11 is 0. The first-order valence-electron chi connectivity index (χ1n) is 14.9. The Kier molecular flexibility index (Phi) is 7.88. The average molecular weight is 518 g/mol. The topological polar surface area (TPSA) is 73.6 Å². The Morgan fingerprint density at radius 3 is 2.61 bits per heavy atom. The molecule has 3 N–H and O–H groups in total. The van der Waals surface area contributed by atoms with Crippen LogP contribution in [-0.4, -0.2) is 38.6 Å². The zero-order valence-corrected chi connectivity index (χ0v) is 23.6. The lowest BCUT2D eigenvalue weighted by atomic mass is 9.61. The zero-order chi connectivity index (χ0) is 27.1. The highest BCUT2D eigenvalue weighted by Crippen LogP contribution is 2.59. The van der Waals surface area contributed by atoms with Gasteiger partial charge in [-0.1, -0.05) is 63.3 Å². The van der Waals surface area contributed by atoms with E-state index in [4.69, 9.17) is 4.98 Å². The minimum atomic E-state index is -0.639. The first kappa shape index (κ1) is 27.6. The molecular weight excluding hydrogens is 470 g/mol. The predicted octanol–water partition coefficient (Wildman–Crippen LogP) is 6.37. The van der Waals surface area contributed by atoms with Gasteiger partial charge in [-0.05, 0) is 104 Å². The second kappa shape index (κ2) is 10.9. The fraction of sp³-hybridized carbons (Fsp3) is 0.618. The van der Waals surface area contributed by atoms with Crippen molar-refractivity contribution in [1.29, 1.82) is 0 Å². The van der Waals surface area contributed by atoms with Crippen LogP contribution < -0.4 is 0 Å². The van der Waals surface area contributed by atoms with Gasteiger partial charge >= 0.3 is 0 Å². The van der Waals surface area contributed by atoms with E-state index in [0.717, 1.165) is 42.5 Å². The molecular formula is C34H47NO3. The lowest BCUT2D eigenvalue weighted by molar-refractivity contribution is 0.0862. The minimum absolute atomic E-state index is 0.205. The van der Waals surface area contributed by atoms with Crippen LogP contribution >= 0.6 is 0 Å². The number of pyridine rings is 1. The van der Waals surface area contributed by atoms with Crippen molar-refractivity contribution in [1.82, 2.24) is 4.98 Å². The van der Waals surface area contributed by atoms with Crippen LogP contribution in [0.15, 0.2) is 65.9 Å². The van der Waals surface area contributed by atoms with Crippen molar-refractivity contribution in [2.45, 2.75) is 109 Å². The van der Waals surface area contributed by atoms with Crippen LogP contribution in [0.25, 0.3) is 0 Å². The van der Waals surface area contributed by atoms with E-state index in [1.807, 2.05) is 6.20 Å². The molecule has 4 aliphatic rings. The number of fused-ring (bicyclic) bond motifs is 1. The van der Waals surface area contributed by atoms with E-state index in [1.54, 1.807) is 0 Å². The molecule has 1 aromatic rings. The maximum absolute atomic E-state index is 11.2. The summed E-state index contributed by atoms with van der Waals surface area (Å²) in [5.41, 5.74) is 5.59. The van der Waals surface area contributed by atoms with Crippen LogP contribution in [0.3, 0.4) is 0 Å². The van der Waals surface area contributed by atoms with E-state index in [-0.39, 0.29) is 10.8 Å². The van der Waals surface area contributed by atoms with Gasteiger partial charge in [-0.15, -0.1) is 0 Å². The lowest BCUT2D eigenvalue weighted by Crippen LogP contribution is -2.35. The maximum Gasteiger partial charge on any atom is 0.0832 e. The quantitative estimate of drug-likeness (QED) is 0.368. The van der Waals surface area contributed by atoms with Gasteiger partial charge in [-0.3, -0.25) is 4.98 Å². The molecule has 206 valence electrons. The third-order valence-corrected chi connectivity index (χ3v) is 10.6. The minimum Gasteiger partial charge on any atom is -0.393 e. The molecule has 0 bridgehead atoms. The monoisotopic (exact) mass is 517 g/mol. The Bertz CT molecular complexity index is 1110. The smallest absolute Gasteiger partial charge is 0.0832 e. The van der Waals surface area contributed by atoms with Crippen molar-refractivity contribution in [2.75, 3.05) is 0 Å². The standard InChI is InChI=1S/C34H47NO3/c1-5-24-9-14-31(35-21-24)34(17-18-34)32(38)15-8-22(2)28-12-13-29-25(7-6-16-33(28,29)4)10-11-26-19-27(36)20-30(37)23(26)3/h8-11,14-15,21-22,27-30,32,36-38H,3,5-7,12-13,16-20H2,1-2,4H3/t22-,27-,28-,29+,30+,32+,33-/m1/s1. The highest BCUT2D eigenvalue weighted by molar-refractivity contribution is 5.39. The van der Waals surface area contributed by atoms with Gasteiger partial charge in [0.05, 0.1) is 18.3 Å². The van der Waals surface area contributed by atoms with E-state index in [2.05, 4.69) is 63.8 Å². The van der Waals surface area contributed by atoms with E-state index in [0.29, 0.717) is 30.6 Å². The summed E-state index contributed by atoms with van der Waals surface area (Å²) in [4.78, 5) is 4.71. The van der Waals surface area contributed by atoms with E-state index in [1.165, 1.54) is 36.8 Å². The molecule has 4 fully saturated rings. The number of aliphatic hydroxyl groups is 3. The lowest BCUT2D eigenvalue weighted by Gasteiger charge is -2.44. The van der Waals surface area contributed by atoms with Crippen molar-refractivity contribution < 1.29 is 15.3 Å². The molecule has 4 nitrogen and oxygen atoms in total. The fourth-order valence-corrected chi connectivity index (χ4v) is 7.97. The first-order chi connectivity index (χ1) is 18.2. The van der Waals surface area contributed by atoms with Crippen LogP contribution in [0.1, 0.15) is 89.8 Å². The number of allylic oxidation sites excluding steroid dienone is 4. The number of hydrogen-bond donors (Lipinski definition) is 3. The van der Waals surface area contributed by atoms with Crippen LogP contribution in [0.5, 0.6) is 0 Å². The number of nitrogens with zero attached hydrogens (tertiary/aromatic N) is 1. The second-order valence-corrected chi connectivity index (χ2v) is 12.9. The zero-order valence-electron chi connectivity index (χ0n) is 23.6. The molecule has 0 radical (unpaired) electrons. The van der Waals surface area contributed by atoms with Crippen LogP contribution in [0.2, 0.25) is 0 Å². The Hall–Kier alpha value is -2.01. The SMILES string of the molecule is C=C1C(=CC=C2CCC[C@]3(C)[C@@H]([C@H](C)C=C[C@H](O)C4(c5ccc(CC)cn5)CC4)CC[C@@H]23)C[C@@H](O)C[C@@H]1O. The second-order valence-electron chi connectivity index (χ2n) is 12.9. The maximum atomic E-state index is 11.2. The van der Waals surface area contributed by atoms with E-state index >= 15 is 0 Å². The van der Waals surface area contributed by atoms with Crippen molar-refractivity contribution in [3.05, 3.63) is 77.2 Å². The summed E-state index contributed by atoms with van der Waals surface area (Å²) < 4.78 is 0. The molecule has 4 saturated carbocycles. The Morgan fingerprint density at radius 1 is 1.13 bits per heavy atom. The first-order valence-corrected chi connectivity index (χ1v) is 14.9. The molecule has 4 heteroatoms. The Labute approximate surface area is 229 Å². The average Bonchev–Trinajstić information content (AvgIpc) is 3.64. The number of rotatable bonds is 7. The van der Waals surface area contributed by atoms with Gasteiger partial charge in [-0.2, -0.15) is 0 Å². The largest absolute Gasteiger partial charge is 0.393 e. The summed E-state index contributed by atoms with van der Waals surface area (Å²) in [6.45, 7) is 11.1. The van der Waals surface area contributed by atoms with Gasteiger partial charge in [-0.25, -0.2) is 0 Å². The van der Waals surface area contributed by atoms with Crippen LogP contribution in [0, 0.1) is 23.2 Å². The number of aliphatic hydroxyl groups excluding tert-OH is 3. The van der Waals surface area contributed by atoms with Gasteiger partial charge in [0, 0.05) is 23.7 Å². The van der Waals surface area contributed by atoms with Gasteiger partial charge in [0.2, 0.25) is 0 Å². The molecule has 0 spiro atoms. The third-order valence-electron chi connectivity index (χ3n) is 10.6. The number of aromatic nitrogens is 1. The molecule has 0 aromatic carbocycles. The van der Waals surface area contributed by atoms with E-state index < -0.39 is 18.3 Å². The summed E-state index contributed by atoms with van der Waals surface area (Å²) in [6, 6.07) is 4.27. The van der Waals surface area contributed by atoms with Crippen molar-refractivity contribution in [2.24, 2.45) is 23.2 Å². The van der Waals surface area contributed by atoms with Crippen molar-refractivity contribution in [3.63, 3.8) is 0 Å².